The number of carbonyl (C=O) groups is 2. The molecule has 124 valence electrons. The van der Waals surface area contributed by atoms with Crippen LogP contribution in [0.15, 0.2) is 48.8 Å². The molecule has 0 fully saturated rings. The summed E-state index contributed by atoms with van der Waals surface area (Å²) in [7, 11) is 0. The minimum absolute atomic E-state index is 0.00431. The molecule has 0 atom stereocenters. The van der Waals surface area contributed by atoms with Gasteiger partial charge in [0.1, 0.15) is 0 Å². The minimum atomic E-state index is -0.349. The number of carbonyl (C=O) groups excluding carboxylic acids is 2. The first kappa shape index (κ1) is 16.0. The fourth-order valence-electron chi connectivity index (χ4n) is 2.72. The number of benzene rings is 1. The zero-order chi connectivity index (χ0) is 16.8. The van der Waals surface area contributed by atoms with Gasteiger partial charge in [0.25, 0.3) is 0 Å². The van der Waals surface area contributed by atoms with E-state index in [0.29, 0.717) is 19.6 Å². The van der Waals surface area contributed by atoms with Crippen molar-refractivity contribution in [3.05, 3.63) is 65.5 Å². The topological polar surface area (TPSA) is 74.3 Å². The van der Waals surface area contributed by atoms with Crippen molar-refractivity contribution in [2.75, 3.05) is 13.1 Å². The molecule has 2 aromatic rings. The Morgan fingerprint density at radius 1 is 1.04 bits per heavy atom. The fourth-order valence-corrected chi connectivity index (χ4v) is 2.72. The Hall–Kier alpha value is -2.89. The Bertz CT molecular complexity index is 718. The first-order valence-corrected chi connectivity index (χ1v) is 7.97. The summed E-state index contributed by atoms with van der Waals surface area (Å²) in [6, 6.07) is 11.5. The molecule has 2 heterocycles. The number of nitrogens with one attached hydrogen (secondary N) is 2. The van der Waals surface area contributed by atoms with Crippen LogP contribution in [0.3, 0.4) is 0 Å². The average molecular weight is 324 g/mol. The maximum atomic E-state index is 12.3. The highest BCUT2D eigenvalue weighted by Gasteiger charge is 2.20. The van der Waals surface area contributed by atoms with E-state index in [1.165, 1.54) is 11.1 Å². The Labute approximate surface area is 140 Å². The SMILES string of the molecule is O=C(NCC(=O)N1CCc2ccccc2C1)NCc1ccncc1. The number of nitrogens with zero attached hydrogens (tertiary/aromatic N) is 2. The Morgan fingerprint density at radius 2 is 1.79 bits per heavy atom. The van der Waals surface area contributed by atoms with Crippen molar-refractivity contribution in [1.82, 2.24) is 20.5 Å². The van der Waals surface area contributed by atoms with Gasteiger partial charge >= 0.3 is 6.03 Å². The number of amides is 3. The Kier molecular flexibility index (Phi) is 5.05. The largest absolute Gasteiger partial charge is 0.336 e. The zero-order valence-electron chi connectivity index (χ0n) is 13.4. The fraction of sp³-hybridized carbons (Fsp3) is 0.278. The molecule has 1 aromatic carbocycles. The Balaban J connectivity index is 1.43. The first-order valence-electron chi connectivity index (χ1n) is 7.97. The lowest BCUT2D eigenvalue weighted by molar-refractivity contribution is -0.130. The lowest BCUT2D eigenvalue weighted by atomic mass is 10.00. The van der Waals surface area contributed by atoms with Gasteiger partial charge in [-0.25, -0.2) is 4.79 Å². The van der Waals surface area contributed by atoms with Crippen molar-refractivity contribution < 1.29 is 9.59 Å². The third-order valence-electron chi connectivity index (χ3n) is 4.09. The lowest BCUT2D eigenvalue weighted by Crippen LogP contribution is -2.45. The van der Waals surface area contributed by atoms with Crippen LogP contribution in [0.5, 0.6) is 0 Å². The van der Waals surface area contributed by atoms with E-state index < -0.39 is 0 Å². The lowest BCUT2D eigenvalue weighted by Gasteiger charge is -2.29. The van der Waals surface area contributed by atoms with Gasteiger partial charge in [-0.3, -0.25) is 9.78 Å². The molecule has 0 aliphatic carbocycles. The quantitative estimate of drug-likeness (QED) is 0.894. The molecule has 0 spiro atoms. The van der Waals surface area contributed by atoms with Gasteiger partial charge in [-0.1, -0.05) is 24.3 Å². The number of aromatic nitrogens is 1. The maximum Gasteiger partial charge on any atom is 0.315 e. The number of urea groups is 1. The van der Waals surface area contributed by atoms with E-state index in [1.54, 1.807) is 17.3 Å². The first-order chi connectivity index (χ1) is 11.7. The molecule has 0 unspecified atom stereocenters. The van der Waals surface area contributed by atoms with Crippen molar-refractivity contribution in [3.8, 4) is 0 Å². The van der Waals surface area contributed by atoms with E-state index in [2.05, 4.69) is 21.7 Å². The number of hydrogen-bond donors (Lipinski definition) is 2. The average Bonchev–Trinajstić information content (AvgIpc) is 2.65. The van der Waals surface area contributed by atoms with Gasteiger partial charge in [-0.2, -0.15) is 0 Å². The molecule has 3 rings (SSSR count). The minimum Gasteiger partial charge on any atom is -0.336 e. The van der Waals surface area contributed by atoms with Crippen LogP contribution >= 0.6 is 0 Å². The van der Waals surface area contributed by atoms with E-state index in [4.69, 9.17) is 0 Å². The van der Waals surface area contributed by atoms with Crippen molar-refractivity contribution in [3.63, 3.8) is 0 Å². The zero-order valence-corrected chi connectivity index (χ0v) is 13.4. The molecule has 1 aromatic heterocycles. The summed E-state index contributed by atoms with van der Waals surface area (Å²) in [6.07, 6.45) is 4.20. The standard InChI is InChI=1S/C18H20N4O2/c23-17(22-10-7-15-3-1-2-4-16(15)13-22)12-21-18(24)20-11-14-5-8-19-9-6-14/h1-6,8-9H,7,10-13H2,(H2,20,21,24). The molecule has 0 saturated carbocycles. The van der Waals surface area contributed by atoms with E-state index in [0.717, 1.165) is 12.0 Å². The summed E-state index contributed by atoms with van der Waals surface area (Å²) in [6.45, 7) is 1.70. The van der Waals surface area contributed by atoms with Crippen molar-refractivity contribution in [1.29, 1.82) is 0 Å². The summed E-state index contributed by atoms with van der Waals surface area (Å²) < 4.78 is 0. The van der Waals surface area contributed by atoms with E-state index in [9.17, 15) is 9.59 Å². The van der Waals surface area contributed by atoms with Crippen LogP contribution < -0.4 is 10.6 Å². The summed E-state index contributed by atoms with van der Waals surface area (Å²) >= 11 is 0. The van der Waals surface area contributed by atoms with E-state index >= 15 is 0 Å². The number of fused-ring (bicyclic) bond motifs is 1. The molecule has 3 amide bonds. The predicted molar refractivity (Wildman–Crippen MR) is 90.0 cm³/mol. The van der Waals surface area contributed by atoms with Crippen LogP contribution in [-0.4, -0.2) is 34.9 Å². The van der Waals surface area contributed by atoms with Gasteiger partial charge in [-0.15, -0.1) is 0 Å². The van der Waals surface area contributed by atoms with Gasteiger partial charge < -0.3 is 15.5 Å². The van der Waals surface area contributed by atoms with Gasteiger partial charge in [0.2, 0.25) is 5.91 Å². The number of hydrogen-bond acceptors (Lipinski definition) is 3. The van der Waals surface area contributed by atoms with Gasteiger partial charge in [-0.05, 0) is 35.2 Å². The summed E-state index contributed by atoms with van der Waals surface area (Å²) in [5.41, 5.74) is 3.43. The number of rotatable bonds is 4. The molecule has 1 aliphatic rings. The van der Waals surface area contributed by atoms with Crippen molar-refractivity contribution in [2.24, 2.45) is 0 Å². The monoisotopic (exact) mass is 324 g/mol. The predicted octanol–water partition coefficient (Wildman–Crippen LogP) is 1.47. The normalized spacial score (nSPS) is 13.1. The van der Waals surface area contributed by atoms with Crippen LogP contribution in [0.1, 0.15) is 16.7 Å². The molecule has 0 saturated heterocycles. The summed E-state index contributed by atoms with van der Waals surface area (Å²) in [5, 5.41) is 5.34. The van der Waals surface area contributed by atoms with Crippen LogP contribution in [0.25, 0.3) is 0 Å². The smallest absolute Gasteiger partial charge is 0.315 e. The summed E-state index contributed by atoms with van der Waals surface area (Å²) in [5.74, 6) is -0.0661. The third-order valence-corrected chi connectivity index (χ3v) is 4.09. The third kappa shape index (κ3) is 4.10. The molecular weight excluding hydrogens is 304 g/mol. The van der Waals surface area contributed by atoms with E-state index in [1.807, 2.05) is 30.3 Å². The van der Waals surface area contributed by atoms with Gasteiger partial charge in [0, 0.05) is 32.0 Å². The number of pyridine rings is 1. The molecule has 6 heteroatoms. The molecule has 0 radical (unpaired) electrons. The molecule has 2 N–H and O–H groups in total. The van der Waals surface area contributed by atoms with Crippen molar-refractivity contribution >= 4 is 11.9 Å². The van der Waals surface area contributed by atoms with E-state index in [-0.39, 0.29) is 18.5 Å². The summed E-state index contributed by atoms with van der Waals surface area (Å²) in [4.78, 5) is 29.8. The highest BCUT2D eigenvalue weighted by atomic mass is 16.2. The Morgan fingerprint density at radius 3 is 2.58 bits per heavy atom. The molecule has 1 aliphatic heterocycles. The second-order valence-corrected chi connectivity index (χ2v) is 5.73. The second kappa shape index (κ2) is 7.59. The highest BCUT2D eigenvalue weighted by Crippen LogP contribution is 2.18. The molecule has 0 bridgehead atoms. The highest BCUT2D eigenvalue weighted by molar-refractivity contribution is 5.84. The van der Waals surface area contributed by atoms with Crippen LogP contribution in [-0.2, 0) is 24.3 Å². The van der Waals surface area contributed by atoms with Crippen LogP contribution in [0, 0.1) is 0 Å². The molecule has 6 nitrogen and oxygen atoms in total. The molecular formula is C18H20N4O2. The van der Waals surface area contributed by atoms with Crippen LogP contribution in [0.4, 0.5) is 4.79 Å². The van der Waals surface area contributed by atoms with Crippen molar-refractivity contribution in [2.45, 2.75) is 19.5 Å². The maximum absolute atomic E-state index is 12.3. The molecule has 24 heavy (non-hydrogen) atoms. The second-order valence-electron chi connectivity index (χ2n) is 5.73. The van der Waals surface area contributed by atoms with Crippen LogP contribution in [0.2, 0.25) is 0 Å². The van der Waals surface area contributed by atoms with Gasteiger partial charge in [0.15, 0.2) is 0 Å². The van der Waals surface area contributed by atoms with Gasteiger partial charge in [0.05, 0.1) is 6.54 Å².